The van der Waals surface area contributed by atoms with E-state index in [9.17, 15) is 9.59 Å². The highest BCUT2D eigenvalue weighted by atomic mass is 35.5. The Hall–Kier alpha value is -2.99. The molecule has 186 valence electrons. The zero-order valence-corrected chi connectivity index (χ0v) is 21.7. The van der Waals surface area contributed by atoms with Gasteiger partial charge in [-0.2, -0.15) is 0 Å². The highest BCUT2D eigenvalue weighted by Crippen LogP contribution is 2.41. The molecule has 0 radical (unpaired) electrons. The van der Waals surface area contributed by atoms with Crippen LogP contribution in [0.5, 0.6) is 11.5 Å². The molecule has 1 aliphatic heterocycles. The van der Waals surface area contributed by atoms with E-state index < -0.39 is 6.04 Å². The van der Waals surface area contributed by atoms with Gasteiger partial charge < -0.3 is 18.8 Å². The van der Waals surface area contributed by atoms with Crippen molar-refractivity contribution in [1.82, 2.24) is 4.90 Å². The Morgan fingerprint density at radius 2 is 1.91 bits per heavy atom. The van der Waals surface area contributed by atoms with Crippen LogP contribution in [0.15, 0.2) is 39.5 Å². The van der Waals surface area contributed by atoms with Gasteiger partial charge in [-0.05, 0) is 61.1 Å². The predicted octanol–water partition coefficient (Wildman–Crippen LogP) is 6.53. The van der Waals surface area contributed by atoms with Gasteiger partial charge in [0.25, 0.3) is 5.91 Å². The molecule has 0 saturated carbocycles. The monoisotopic (exact) mass is 497 g/mol. The predicted molar refractivity (Wildman–Crippen MR) is 138 cm³/mol. The number of methoxy groups -OCH3 is 1. The lowest BCUT2D eigenvalue weighted by Gasteiger charge is -2.25. The van der Waals surface area contributed by atoms with Crippen molar-refractivity contribution in [3.05, 3.63) is 68.0 Å². The first-order valence-electron chi connectivity index (χ1n) is 12.1. The van der Waals surface area contributed by atoms with E-state index in [0.29, 0.717) is 52.1 Å². The van der Waals surface area contributed by atoms with E-state index in [1.165, 1.54) is 0 Å². The molecule has 0 N–H and O–H groups in total. The van der Waals surface area contributed by atoms with Crippen molar-refractivity contribution in [1.29, 1.82) is 0 Å². The van der Waals surface area contributed by atoms with E-state index in [4.69, 9.17) is 25.5 Å². The van der Waals surface area contributed by atoms with Crippen LogP contribution in [0.25, 0.3) is 11.0 Å². The van der Waals surface area contributed by atoms with Gasteiger partial charge in [0.15, 0.2) is 16.9 Å². The molecule has 2 aromatic carbocycles. The minimum absolute atomic E-state index is 0.0987. The summed E-state index contributed by atoms with van der Waals surface area (Å²) in [5.41, 5.74) is 2.02. The number of benzene rings is 2. The van der Waals surface area contributed by atoms with Gasteiger partial charge in [0.1, 0.15) is 5.58 Å². The number of hydrogen-bond donors (Lipinski definition) is 0. The maximum Gasteiger partial charge on any atom is 0.290 e. The van der Waals surface area contributed by atoms with Crippen LogP contribution < -0.4 is 14.9 Å². The van der Waals surface area contributed by atoms with Crippen molar-refractivity contribution < 1.29 is 18.7 Å². The lowest BCUT2D eigenvalue weighted by atomic mass is 9.97. The number of halogens is 1. The molecule has 0 bridgehead atoms. The Kier molecular flexibility index (Phi) is 7.41. The summed E-state index contributed by atoms with van der Waals surface area (Å²) in [6.07, 6.45) is 2.65. The average Bonchev–Trinajstić information content (AvgIpc) is 3.10. The van der Waals surface area contributed by atoms with Gasteiger partial charge in [-0.15, -0.1) is 0 Å². The normalized spacial score (nSPS) is 15.2. The van der Waals surface area contributed by atoms with Crippen LogP contribution in [0.2, 0.25) is 5.02 Å². The summed E-state index contributed by atoms with van der Waals surface area (Å²) >= 11 is 6.32. The second-order valence-corrected chi connectivity index (χ2v) is 9.87. The smallest absolute Gasteiger partial charge is 0.290 e. The van der Waals surface area contributed by atoms with Gasteiger partial charge in [0.2, 0.25) is 5.76 Å². The molecule has 3 aromatic rings. The molecule has 35 heavy (non-hydrogen) atoms. The summed E-state index contributed by atoms with van der Waals surface area (Å²) in [6.45, 7) is 9.28. The van der Waals surface area contributed by atoms with Gasteiger partial charge in [-0.25, -0.2) is 0 Å². The fourth-order valence-electron chi connectivity index (χ4n) is 4.42. The van der Waals surface area contributed by atoms with Crippen molar-refractivity contribution in [3.8, 4) is 11.5 Å². The van der Waals surface area contributed by atoms with Crippen LogP contribution in [-0.2, 0) is 0 Å². The molecule has 1 atom stereocenters. The van der Waals surface area contributed by atoms with Crippen LogP contribution in [0.4, 0.5) is 0 Å². The topological polar surface area (TPSA) is 69.0 Å². The van der Waals surface area contributed by atoms with Crippen molar-refractivity contribution >= 4 is 28.5 Å². The van der Waals surface area contributed by atoms with Gasteiger partial charge in [-0.3, -0.25) is 9.59 Å². The Balaban J connectivity index is 1.84. The van der Waals surface area contributed by atoms with E-state index in [-0.39, 0.29) is 17.1 Å². The number of fused-ring (bicyclic) bond motifs is 2. The highest BCUT2D eigenvalue weighted by molar-refractivity contribution is 6.32. The number of carbonyl (C=O) groups is 1. The summed E-state index contributed by atoms with van der Waals surface area (Å²) in [6, 6.07) is 8.35. The Labute approximate surface area is 210 Å². The van der Waals surface area contributed by atoms with Crippen LogP contribution in [0.3, 0.4) is 0 Å². The number of amides is 1. The van der Waals surface area contributed by atoms with Crippen molar-refractivity contribution in [2.24, 2.45) is 5.92 Å². The zero-order valence-electron chi connectivity index (χ0n) is 20.9. The SMILES string of the molecule is CCCCN1C(=O)c2oc3cc(C)c(Cl)cc3c(=O)c2C1c1ccc(OCCC(C)C)c(OC)c1. The second kappa shape index (κ2) is 10.3. The molecule has 1 unspecified atom stereocenters. The maximum atomic E-state index is 13.7. The quantitative estimate of drug-likeness (QED) is 0.336. The molecule has 4 rings (SSSR count). The first-order chi connectivity index (χ1) is 16.8. The number of carbonyl (C=O) groups excluding carboxylic acids is 1. The minimum Gasteiger partial charge on any atom is -0.493 e. The number of ether oxygens (including phenoxy) is 2. The summed E-state index contributed by atoms with van der Waals surface area (Å²) in [5, 5.41) is 0.855. The van der Waals surface area contributed by atoms with Gasteiger partial charge in [0.05, 0.1) is 30.7 Å². The Morgan fingerprint density at radius 1 is 1.14 bits per heavy atom. The first kappa shape index (κ1) is 25.1. The number of unbranched alkanes of at least 4 members (excludes halogenated alkanes) is 1. The lowest BCUT2D eigenvalue weighted by molar-refractivity contribution is 0.0725. The number of rotatable bonds is 9. The lowest BCUT2D eigenvalue weighted by Crippen LogP contribution is -2.30. The molecule has 0 saturated heterocycles. The van der Waals surface area contributed by atoms with Crippen LogP contribution in [-0.4, -0.2) is 31.1 Å². The molecule has 7 heteroatoms. The van der Waals surface area contributed by atoms with E-state index >= 15 is 0 Å². The fourth-order valence-corrected chi connectivity index (χ4v) is 4.59. The molecule has 6 nitrogen and oxygen atoms in total. The third-order valence-corrected chi connectivity index (χ3v) is 6.86. The van der Waals surface area contributed by atoms with Crippen molar-refractivity contribution in [2.45, 2.75) is 53.0 Å². The third kappa shape index (κ3) is 4.76. The molecule has 1 amide bonds. The Morgan fingerprint density at radius 3 is 2.60 bits per heavy atom. The highest BCUT2D eigenvalue weighted by Gasteiger charge is 2.42. The Bertz CT molecular complexity index is 1310. The maximum absolute atomic E-state index is 13.7. The summed E-state index contributed by atoms with van der Waals surface area (Å²) in [5.74, 6) is 1.54. The largest absolute Gasteiger partial charge is 0.493 e. The minimum atomic E-state index is -0.580. The molecular formula is C28H32ClNO5. The fraction of sp³-hybridized carbons (Fsp3) is 0.429. The zero-order chi connectivity index (χ0) is 25.3. The number of nitrogens with zero attached hydrogens (tertiary/aromatic N) is 1. The van der Waals surface area contributed by atoms with Crippen LogP contribution in [0, 0.1) is 12.8 Å². The van der Waals surface area contributed by atoms with Gasteiger partial charge in [0, 0.05) is 11.6 Å². The van der Waals surface area contributed by atoms with Gasteiger partial charge >= 0.3 is 0 Å². The van der Waals surface area contributed by atoms with E-state index in [1.54, 1.807) is 24.1 Å². The van der Waals surface area contributed by atoms with Crippen LogP contribution >= 0.6 is 11.6 Å². The first-order valence-corrected chi connectivity index (χ1v) is 12.5. The number of hydrogen-bond acceptors (Lipinski definition) is 5. The second-order valence-electron chi connectivity index (χ2n) is 9.47. The molecule has 2 heterocycles. The molecule has 0 fully saturated rings. The van der Waals surface area contributed by atoms with Crippen molar-refractivity contribution in [3.63, 3.8) is 0 Å². The summed E-state index contributed by atoms with van der Waals surface area (Å²) in [4.78, 5) is 28.9. The molecular weight excluding hydrogens is 466 g/mol. The molecule has 1 aliphatic rings. The average molecular weight is 498 g/mol. The summed E-state index contributed by atoms with van der Waals surface area (Å²) < 4.78 is 17.6. The van der Waals surface area contributed by atoms with Crippen molar-refractivity contribution in [2.75, 3.05) is 20.3 Å². The molecule has 1 aromatic heterocycles. The van der Waals surface area contributed by atoms with E-state index in [1.807, 2.05) is 25.1 Å². The molecule has 0 aliphatic carbocycles. The van der Waals surface area contributed by atoms with E-state index in [2.05, 4.69) is 20.8 Å². The standard InChI is InChI=1S/C28H32ClNO5/c1-6-7-11-30-25(18-8-9-21(23(14-18)33-5)34-12-10-16(2)3)24-26(31)19-15-20(29)17(4)13-22(19)35-27(24)28(30)32/h8-9,13-16,25H,6-7,10-12H2,1-5H3. The number of aryl methyl sites for hydroxylation is 1. The third-order valence-electron chi connectivity index (χ3n) is 6.46. The van der Waals surface area contributed by atoms with Crippen LogP contribution in [0.1, 0.15) is 73.3 Å². The summed E-state index contributed by atoms with van der Waals surface area (Å²) in [7, 11) is 1.59. The molecule has 0 spiro atoms. The van der Waals surface area contributed by atoms with Gasteiger partial charge in [-0.1, -0.05) is 44.9 Å². The van der Waals surface area contributed by atoms with E-state index in [0.717, 1.165) is 30.4 Å².